The van der Waals surface area contributed by atoms with Crippen molar-refractivity contribution in [3.8, 4) is 0 Å². The minimum Gasteiger partial charge on any atom is -0.379 e. The zero-order chi connectivity index (χ0) is 10.9. The molecule has 1 nitrogen and oxygen atoms in total. The topological polar surface area (TPSA) is 20.2 Å². The summed E-state index contributed by atoms with van der Waals surface area (Å²) < 4.78 is 48.6. The van der Waals surface area contributed by atoms with Gasteiger partial charge >= 0.3 is 6.18 Å². The highest BCUT2D eigenvalue weighted by molar-refractivity contribution is 9.10. The molecule has 0 heterocycles. The van der Waals surface area contributed by atoms with Gasteiger partial charge in [-0.1, -0.05) is 22.0 Å². The van der Waals surface area contributed by atoms with Crippen molar-refractivity contribution in [3.63, 3.8) is 0 Å². The van der Waals surface area contributed by atoms with Gasteiger partial charge in [0, 0.05) is 10.0 Å². The van der Waals surface area contributed by atoms with Gasteiger partial charge in [0.15, 0.2) is 6.10 Å². The van der Waals surface area contributed by atoms with Gasteiger partial charge < -0.3 is 5.11 Å². The van der Waals surface area contributed by atoms with Crippen LogP contribution in [0.1, 0.15) is 11.7 Å². The summed E-state index contributed by atoms with van der Waals surface area (Å²) in [5, 5.41) is 8.85. The zero-order valence-electron chi connectivity index (χ0n) is 6.65. The van der Waals surface area contributed by atoms with Crippen LogP contribution in [0.15, 0.2) is 22.7 Å². The van der Waals surface area contributed by atoms with Crippen molar-refractivity contribution in [1.29, 1.82) is 0 Å². The van der Waals surface area contributed by atoms with Crippen LogP contribution < -0.4 is 0 Å². The zero-order valence-corrected chi connectivity index (χ0v) is 8.23. The van der Waals surface area contributed by atoms with Crippen molar-refractivity contribution < 1.29 is 22.7 Å². The van der Waals surface area contributed by atoms with Gasteiger partial charge in [-0.15, -0.1) is 0 Å². The summed E-state index contributed by atoms with van der Waals surface area (Å²) >= 11 is 2.74. The fourth-order valence-electron chi connectivity index (χ4n) is 0.900. The number of hydrogen-bond acceptors (Lipinski definition) is 1. The minimum atomic E-state index is -4.75. The monoisotopic (exact) mass is 272 g/mol. The van der Waals surface area contributed by atoms with Crippen LogP contribution in [0.25, 0.3) is 0 Å². The summed E-state index contributed by atoms with van der Waals surface area (Å²) in [4.78, 5) is 0. The van der Waals surface area contributed by atoms with Crippen LogP contribution in [0.5, 0.6) is 0 Å². The Morgan fingerprint density at radius 1 is 1.29 bits per heavy atom. The lowest BCUT2D eigenvalue weighted by molar-refractivity contribution is -0.207. The van der Waals surface area contributed by atoms with Gasteiger partial charge in [0.05, 0.1) is 0 Å². The predicted octanol–water partition coefficient (Wildman–Crippen LogP) is 3.18. The highest BCUT2D eigenvalue weighted by Gasteiger charge is 2.40. The third kappa shape index (κ3) is 2.45. The number of benzene rings is 1. The normalized spacial score (nSPS) is 14.1. The fourth-order valence-corrected chi connectivity index (χ4v) is 1.47. The molecule has 0 amide bonds. The van der Waals surface area contributed by atoms with Crippen LogP contribution in [-0.2, 0) is 0 Å². The molecule has 0 aliphatic carbocycles. The molecule has 1 rings (SSSR count). The van der Waals surface area contributed by atoms with Crippen molar-refractivity contribution in [2.45, 2.75) is 12.3 Å². The predicted molar refractivity (Wildman–Crippen MR) is 45.1 cm³/mol. The molecule has 0 saturated carbocycles. The summed E-state index contributed by atoms with van der Waals surface area (Å²) in [6.45, 7) is 0. The van der Waals surface area contributed by atoms with Crippen molar-refractivity contribution in [1.82, 2.24) is 0 Å². The third-order valence-corrected chi connectivity index (χ3v) is 2.25. The molecule has 0 aliphatic rings. The lowest BCUT2D eigenvalue weighted by atomic mass is 10.1. The Hall–Kier alpha value is -0.620. The standard InChI is InChI=1S/C8H5BrF4O/c9-6-3-4(10)1-2-5(6)7(14)8(11,12)13/h1-3,7,14H. The molecule has 14 heavy (non-hydrogen) atoms. The van der Waals surface area contributed by atoms with Gasteiger partial charge in [0.2, 0.25) is 0 Å². The maximum atomic E-state index is 12.5. The van der Waals surface area contributed by atoms with E-state index in [9.17, 15) is 17.6 Å². The molecule has 0 radical (unpaired) electrons. The number of rotatable bonds is 1. The molecule has 1 atom stereocenters. The first-order valence-electron chi connectivity index (χ1n) is 3.52. The first-order valence-corrected chi connectivity index (χ1v) is 4.31. The molecule has 0 bridgehead atoms. The van der Waals surface area contributed by atoms with Gasteiger partial charge in [-0.2, -0.15) is 13.2 Å². The molecule has 1 unspecified atom stereocenters. The van der Waals surface area contributed by atoms with Crippen molar-refractivity contribution in [3.05, 3.63) is 34.1 Å². The fraction of sp³-hybridized carbons (Fsp3) is 0.250. The van der Waals surface area contributed by atoms with Crippen LogP contribution in [0.3, 0.4) is 0 Å². The molecule has 6 heteroatoms. The molecule has 0 saturated heterocycles. The molecule has 0 fully saturated rings. The number of alkyl halides is 3. The quantitative estimate of drug-likeness (QED) is 0.779. The lowest BCUT2D eigenvalue weighted by Gasteiger charge is -2.15. The second-order valence-corrected chi connectivity index (χ2v) is 3.46. The first-order chi connectivity index (χ1) is 6.32. The van der Waals surface area contributed by atoms with Crippen LogP contribution >= 0.6 is 15.9 Å². The molecule has 78 valence electrons. The summed E-state index contributed by atoms with van der Waals surface area (Å²) in [5.41, 5.74) is -0.404. The van der Waals surface area contributed by atoms with E-state index in [1.165, 1.54) is 0 Å². The van der Waals surface area contributed by atoms with Crippen molar-refractivity contribution in [2.24, 2.45) is 0 Å². The highest BCUT2D eigenvalue weighted by Crippen LogP contribution is 2.36. The lowest BCUT2D eigenvalue weighted by Crippen LogP contribution is -2.20. The van der Waals surface area contributed by atoms with Gasteiger partial charge in [0.25, 0.3) is 0 Å². The third-order valence-electron chi connectivity index (χ3n) is 1.57. The molecular weight excluding hydrogens is 268 g/mol. The maximum Gasteiger partial charge on any atom is 0.418 e. The summed E-state index contributed by atoms with van der Waals surface area (Å²) in [6, 6.07) is 2.61. The second kappa shape index (κ2) is 3.86. The summed E-state index contributed by atoms with van der Waals surface area (Å²) in [6.07, 6.45) is -7.35. The Kier molecular flexibility index (Phi) is 3.16. The SMILES string of the molecule is OC(c1ccc(F)cc1Br)C(F)(F)F. The second-order valence-electron chi connectivity index (χ2n) is 2.61. The first kappa shape index (κ1) is 11.5. The summed E-state index contributed by atoms with van der Waals surface area (Å²) in [7, 11) is 0. The molecule has 1 aromatic carbocycles. The number of aliphatic hydroxyl groups is 1. The molecule has 1 aromatic rings. The van der Waals surface area contributed by atoms with Crippen LogP contribution in [0, 0.1) is 5.82 Å². The van der Waals surface area contributed by atoms with E-state index in [-0.39, 0.29) is 4.47 Å². The number of hydrogen-bond donors (Lipinski definition) is 1. The average Bonchev–Trinajstić information content (AvgIpc) is 2.01. The van der Waals surface area contributed by atoms with Gasteiger partial charge in [-0.3, -0.25) is 0 Å². The largest absolute Gasteiger partial charge is 0.418 e. The van der Waals surface area contributed by atoms with E-state index in [4.69, 9.17) is 5.11 Å². The Balaban J connectivity index is 3.08. The van der Waals surface area contributed by atoms with E-state index in [2.05, 4.69) is 15.9 Å². The molecule has 1 N–H and O–H groups in total. The molecule has 0 aliphatic heterocycles. The van der Waals surface area contributed by atoms with E-state index >= 15 is 0 Å². The Morgan fingerprint density at radius 2 is 1.86 bits per heavy atom. The summed E-state index contributed by atoms with van der Waals surface area (Å²) in [5.74, 6) is -0.671. The maximum absolute atomic E-state index is 12.5. The minimum absolute atomic E-state index is 0.109. The van der Waals surface area contributed by atoms with Gasteiger partial charge in [-0.25, -0.2) is 4.39 Å². The Bertz CT molecular complexity index is 337. The highest BCUT2D eigenvalue weighted by atomic mass is 79.9. The number of halogens is 5. The number of aliphatic hydroxyl groups excluding tert-OH is 1. The van der Waals surface area contributed by atoms with Crippen molar-refractivity contribution >= 4 is 15.9 Å². The average molecular weight is 273 g/mol. The van der Waals surface area contributed by atoms with E-state index in [1.54, 1.807) is 0 Å². The molecular formula is C8H5BrF4O. The van der Waals surface area contributed by atoms with E-state index in [0.29, 0.717) is 0 Å². The van der Waals surface area contributed by atoms with Crippen molar-refractivity contribution in [2.75, 3.05) is 0 Å². The van der Waals surface area contributed by atoms with Crippen LogP contribution in [-0.4, -0.2) is 11.3 Å². The van der Waals surface area contributed by atoms with E-state index < -0.39 is 23.7 Å². The Labute approximate surface area is 85.5 Å². The van der Waals surface area contributed by atoms with Crippen LogP contribution in [0.2, 0.25) is 0 Å². The molecule has 0 spiro atoms. The van der Waals surface area contributed by atoms with Crippen LogP contribution in [0.4, 0.5) is 17.6 Å². The molecule has 0 aromatic heterocycles. The smallest absolute Gasteiger partial charge is 0.379 e. The van der Waals surface area contributed by atoms with E-state index in [1.807, 2.05) is 0 Å². The van der Waals surface area contributed by atoms with E-state index in [0.717, 1.165) is 18.2 Å². The van der Waals surface area contributed by atoms with Gasteiger partial charge in [-0.05, 0) is 12.1 Å². The van der Waals surface area contributed by atoms with Gasteiger partial charge in [0.1, 0.15) is 5.82 Å². The Morgan fingerprint density at radius 3 is 2.29 bits per heavy atom.